The van der Waals surface area contributed by atoms with Crippen LogP contribution in [0.3, 0.4) is 0 Å². The summed E-state index contributed by atoms with van der Waals surface area (Å²) in [5, 5.41) is 35.1. The van der Waals surface area contributed by atoms with Gasteiger partial charge in [-0.25, -0.2) is 4.79 Å². The minimum Gasteiger partial charge on any atom is -0.465 e. The highest BCUT2D eigenvalue weighted by Crippen LogP contribution is 2.53. The van der Waals surface area contributed by atoms with Crippen molar-refractivity contribution >= 4 is 34.7 Å². The number of benzene rings is 2. The van der Waals surface area contributed by atoms with Gasteiger partial charge in [-0.3, -0.25) is 30.3 Å². The Bertz CT molecular complexity index is 1410. The number of rotatable bonds is 8. The van der Waals surface area contributed by atoms with E-state index in [-0.39, 0.29) is 40.0 Å². The highest BCUT2D eigenvalue weighted by Gasteiger charge is 2.38. The Labute approximate surface area is 196 Å². The lowest BCUT2D eigenvalue weighted by Gasteiger charge is -2.10. The summed E-state index contributed by atoms with van der Waals surface area (Å²) in [5.41, 5.74) is -1.49. The van der Waals surface area contributed by atoms with Gasteiger partial charge in [-0.05, 0) is 35.8 Å². The standard InChI is InChI=1S/C23H17N3O9/c1-2-3-6-35-23(27)19-10-13(24(28)29)8-17-16(12-15-5-4-7-34-15)18-9-14(25(30)31)11-20(26(32)33)22(18)21(17)19/h4-5,7-12H,2-3,6H2,1H3/b16-12-. The molecule has 178 valence electrons. The number of esters is 1. The molecule has 0 radical (unpaired) electrons. The topological polar surface area (TPSA) is 169 Å². The molecule has 0 unspecified atom stereocenters. The highest BCUT2D eigenvalue weighted by atomic mass is 16.6. The molecule has 0 bridgehead atoms. The summed E-state index contributed by atoms with van der Waals surface area (Å²) in [6.07, 6.45) is 4.11. The second kappa shape index (κ2) is 9.17. The van der Waals surface area contributed by atoms with E-state index in [9.17, 15) is 35.1 Å². The van der Waals surface area contributed by atoms with Gasteiger partial charge >= 0.3 is 5.97 Å². The van der Waals surface area contributed by atoms with Crippen LogP contribution >= 0.6 is 0 Å². The molecule has 1 aromatic heterocycles. The van der Waals surface area contributed by atoms with Gasteiger partial charge in [0.2, 0.25) is 0 Å². The fraction of sp³-hybridized carbons (Fsp3) is 0.174. The van der Waals surface area contributed by atoms with E-state index < -0.39 is 37.8 Å². The number of unbranched alkanes of at least 4 members (excludes halogenated alkanes) is 1. The van der Waals surface area contributed by atoms with Gasteiger partial charge in [-0.2, -0.15) is 0 Å². The molecule has 1 aliphatic carbocycles. The maximum atomic E-state index is 13.0. The lowest BCUT2D eigenvalue weighted by molar-refractivity contribution is -0.393. The first-order valence-electron chi connectivity index (χ1n) is 10.5. The zero-order valence-electron chi connectivity index (χ0n) is 18.3. The quantitative estimate of drug-likeness (QED) is 0.136. The maximum absolute atomic E-state index is 13.0. The molecular weight excluding hydrogens is 462 g/mol. The lowest BCUT2D eigenvalue weighted by atomic mass is 9.97. The molecule has 0 fully saturated rings. The normalized spacial score (nSPS) is 12.8. The maximum Gasteiger partial charge on any atom is 0.339 e. The van der Waals surface area contributed by atoms with Crippen LogP contribution < -0.4 is 0 Å². The molecule has 2 aromatic carbocycles. The average Bonchev–Trinajstić information content (AvgIpc) is 3.44. The van der Waals surface area contributed by atoms with Crippen molar-refractivity contribution in [3.05, 3.63) is 95.5 Å². The van der Waals surface area contributed by atoms with Gasteiger partial charge in [0.05, 0.1) is 44.8 Å². The van der Waals surface area contributed by atoms with Crippen molar-refractivity contribution in [1.29, 1.82) is 0 Å². The SMILES string of the molecule is CCCCOC(=O)c1cc([N+](=O)[O-])cc2c1-c1c(cc([N+](=O)[O-])cc1[N+](=O)[O-])/C2=C\c1ccco1. The van der Waals surface area contributed by atoms with Crippen molar-refractivity contribution in [2.75, 3.05) is 6.61 Å². The number of furan rings is 1. The van der Waals surface area contributed by atoms with E-state index in [1.807, 2.05) is 6.92 Å². The van der Waals surface area contributed by atoms with Crippen molar-refractivity contribution in [3.63, 3.8) is 0 Å². The summed E-state index contributed by atoms with van der Waals surface area (Å²) < 4.78 is 10.6. The Morgan fingerprint density at radius 2 is 1.63 bits per heavy atom. The first-order valence-corrected chi connectivity index (χ1v) is 10.5. The van der Waals surface area contributed by atoms with Crippen LogP contribution in [-0.2, 0) is 4.74 Å². The number of non-ortho nitro benzene ring substituents is 2. The molecule has 4 rings (SSSR count). The zero-order chi connectivity index (χ0) is 25.3. The lowest BCUT2D eigenvalue weighted by Crippen LogP contribution is -2.09. The predicted molar refractivity (Wildman–Crippen MR) is 123 cm³/mol. The van der Waals surface area contributed by atoms with Gasteiger partial charge < -0.3 is 9.15 Å². The van der Waals surface area contributed by atoms with Gasteiger partial charge in [0.1, 0.15) is 5.76 Å². The second-order valence-electron chi connectivity index (χ2n) is 7.64. The van der Waals surface area contributed by atoms with E-state index in [2.05, 4.69) is 0 Å². The van der Waals surface area contributed by atoms with E-state index in [0.29, 0.717) is 12.2 Å². The monoisotopic (exact) mass is 479 g/mol. The fourth-order valence-electron chi connectivity index (χ4n) is 3.91. The Morgan fingerprint density at radius 1 is 0.971 bits per heavy atom. The molecule has 0 saturated heterocycles. The van der Waals surface area contributed by atoms with Crippen LogP contribution in [0.2, 0.25) is 0 Å². The summed E-state index contributed by atoms with van der Waals surface area (Å²) in [6.45, 7) is 1.94. The summed E-state index contributed by atoms with van der Waals surface area (Å²) in [6, 6.07) is 7.26. The highest BCUT2D eigenvalue weighted by molar-refractivity contribution is 6.14. The van der Waals surface area contributed by atoms with Crippen LogP contribution in [0.5, 0.6) is 0 Å². The molecule has 0 aliphatic heterocycles. The van der Waals surface area contributed by atoms with Gasteiger partial charge in [0.15, 0.2) is 0 Å². The van der Waals surface area contributed by atoms with Crippen LogP contribution in [0.4, 0.5) is 17.1 Å². The summed E-state index contributed by atoms with van der Waals surface area (Å²) in [7, 11) is 0. The van der Waals surface area contributed by atoms with Gasteiger partial charge in [-0.1, -0.05) is 13.3 Å². The molecule has 35 heavy (non-hydrogen) atoms. The van der Waals surface area contributed by atoms with Crippen molar-refractivity contribution < 1.29 is 28.7 Å². The zero-order valence-corrected chi connectivity index (χ0v) is 18.3. The molecule has 12 nitrogen and oxygen atoms in total. The Balaban J connectivity index is 2.09. The number of fused-ring (bicyclic) bond motifs is 3. The Morgan fingerprint density at radius 3 is 2.20 bits per heavy atom. The van der Waals surface area contributed by atoms with Crippen molar-refractivity contribution in [2.45, 2.75) is 19.8 Å². The third-order valence-corrected chi connectivity index (χ3v) is 5.45. The van der Waals surface area contributed by atoms with Crippen LogP contribution in [0.15, 0.2) is 47.1 Å². The van der Waals surface area contributed by atoms with Crippen LogP contribution in [0, 0.1) is 30.3 Å². The van der Waals surface area contributed by atoms with Gasteiger partial charge in [0, 0.05) is 29.3 Å². The molecule has 1 heterocycles. The molecule has 0 spiro atoms. The number of nitro benzene ring substituents is 3. The number of ether oxygens (including phenoxy) is 1. The first-order chi connectivity index (χ1) is 16.7. The fourth-order valence-corrected chi connectivity index (χ4v) is 3.91. The van der Waals surface area contributed by atoms with Crippen LogP contribution in [0.25, 0.3) is 22.8 Å². The number of carbonyl (C=O) groups is 1. The molecule has 0 saturated carbocycles. The Kier molecular flexibility index (Phi) is 6.10. The number of nitro groups is 3. The third-order valence-electron chi connectivity index (χ3n) is 5.45. The smallest absolute Gasteiger partial charge is 0.339 e. The van der Waals surface area contributed by atoms with E-state index >= 15 is 0 Å². The van der Waals surface area contributed by atoms with Gasteiger partial charge in [-0.15, -0.1) is 0 Å². The number of carbonyl (C=O) groups excluding carboxylic acids is 1. The van der Waals surface area contributed by atoms with Crippen LogP contribution in [-0.4, -0.2) is 27.3 Å². The van der Waals surface area contributed by atoms with Crippen molar-refractivity contribution in [1.82, 2.24) is 0 Å². The number of nitrogens with zero attached hydrogens (tertiary/aromatic N) is 3. The largest absolute Gasteiger partial charge is 0.465 e. The summed E-state index contributed by atoms with van der Waals surface area (Å²) in [5.74, 6) is -0.595. The second-order valence-corrected chi connectivity index (χ2v) is 7.64. The first kappa shape index (κ1) is 23.3. The Hall–Kier alpha value is -4.87. The van der Waals surface area contributed by atoms with Gasteiger partial charge in [0.25, 0.3) is 17.1 Å². The summed E-state index contributed by atoms with van der Waals surface area (Å²) in [4.78, 5) is 45.9. The van der Waals surface area contributed by atoms with Crippen LogP contribution in [0.1, 0.15) is 47.0 Å². The molecule has 1 aliphatic rings. The minimum atomic E-state index is -0.892. The van der Waals surface area contributed by atoms with Crippen molar-refractivity contribution in [3.8, 4) is 11.1 Å². The molecule has 0 amide bonds. The number of hydrogen-bond donors (Lipinski definition) is 0. The molecule has 0 N–H and O–H groups in total. The minimum absolute atomic E-state index is 0.0338. The third kappa shape index (κ3) is 4.24. The molecule has 12 heteroatoms. The van der Waals surface area contributed by atoms with E-state index in [1.165, 1.54) is 18.4 Å². The van der Waals surface area contributed by atoms with E-state index in [0.717, 1.165) is 24.6 Å². The number of hydrogen-bond acceptors (Lipinski definition) is 9. The molecule has 3 aromatic rings. The van der Waals surface area contributed by atoms with E-state index in [1.54, 1.807) is 12.1 Å². The van der Waals surface area contributed by atoms with Crippen molar-refractivity contribution in [2.24, 2.45) is 0 Å². The van der Waals surface area contributed by atoms with E-state index in [4.69, 9.17) is 9.15 Å². The average molecular weight is 479 g/mol. The predicted octanol–water partition coefficient (Wildman–Crippen LogP) is 5.53. The summed E-state index contributed by atoms with van der Waals surface area (Å²) >= 11 is 0. The molecule has 0 atom stereocenters. The molecular formula is C23H17N3O9.